The second kappa shape index (κ2) is 8.04. The van der Waals surface area contributed by atoms with Crippen molar-refractivity contribution in [3.05, 3.63) is 0 Å². The smallest absolute Gasteiger partial charge is 0.0480 e. The van der Waals surface area contributed by atoms with Gasteiger partial charge in [-0.25, -0.2) is 0 Å². The third kappa shape index (κ3) is 5.83. The normalized spacial score (nSPS) is 18.6. The quantitative estimate of drug-likeness (QED) is 0.672. The molecule has 96 valence electrons. The standard InChI is InChI=1S/C13H28N2O/c1-12(2)4-7-14-8-9-15(3)13-5-10-16-11-6-13/h12-14H,4-11H2,1-3H3. The van der Waals surface area contributed by atoms with Crippen LogP contribution in [0.1, 0.15) is 33.1 Å². The summed E-state index contributed by atoms with van der Waals surface area (Å²) in [6, 6.07) is 0.737. The van der Waals surface area contributed by atoms with Gasteiger partial charge in [-0.2, -0.15) is 0 Å². The number of likely N-dealkylation sites (N-methyl/N-ethyl adjacent to an activating group) is 1. The maximum atomic E-state index is 5.38. The molecule has 1 heterocycles. The number of ether oxygens (including phenoxy) is 1. The highest BCUT2D eigenvalue weighted by atomic mass is 16.5. The van der Waals surface area contributed by atoms with Gasteiger partial charge < -0.3 is 15.0 Å². The van der Waals surface area contributed by atoms with Gasteiger partial charge in [-0.05, 0) is 38.8 Å². The van der Waals surface area contributed by atoms with Crippen molar-refractivity contribution < 1.29 is 4.74 Å². The van der Waals surface area contributed by atoms with Crippen LogP contribution in [0.2, 0.25) is 0 Å². The zero-order chi connectivity index (χ0) is 11.8. The molecule has 0 unspecified atom stereocenters. The van der Waals surface area contributed by atoms with Gasteiger partial charge >= 0.3 is 0 Å². The summed E-state index contributed by atoms with van der Waals surface area (Å²) in [5, 5.41) is 3.51. The van der Waals surface area contributed by atoms with Gasteiger partial charge in [-0.15, -0.1) is 0 Å². The predicted octanol–water partition coefficient (Wildman–Crippen LogP) is 1.73. The molecule has 0 saturated carbocycles. The lowest BCUT2D eigenvalue weighted by Gasteiger charge is -2.31. The first-order valence-corrected chi connectivity index (χ1v) is 6.69. The van der Waals surface area contributed by atoms with Crippen molar-refractivity contribution in [2.24, 2.45) is 5.92 Å². The Kier molecular flexibility index (Phi) is 7.01. The van der Waals surface area contributed by atoms with Gasteiger partial charge in [0.05, 0.1) is 0 Å². The van der Waals surface area contributed by atoms with E-state index in [0.29, 0.717) is 0 Å². The molecule has 3 nitrogen and oxygen atoms in total. The van der Waals surface area contributed by atoms with Gasteiger partial charge in [0.2, 0.25) is 0 Å². The van der Waals surface area contributed by atoms with Crippen LogP contribution in [0, 0.1) is 5.92 Å². The van der Waals surface area contributed by atoms with E-state index in [0.717, 1.165) is 44.8 Å². The van der Waals surface area contributed by atoms with Gasteiger partial charge in [0.25, 0.3) is 0 Å². The van der Waals surface area contributed by atoms with Crippen molar-refractivity contribution >= 4 is 0 Å². The SMILES string of the molecule is CC(C)CCNCCN(C)C1CCOCC1. The van der Waals surface area contributed by atoms with E-state index in [2.05, 4.69) is 31.1 Å². The summed E-state index contributed by atoms with van der Waals surface area (Å²) >= 11 is 0. The topological polar surface area (TPSA) is 24.5 Å². The molecule has 16 heavy (non-hydrogen) atoms. The largest absolute Gasteiger partial charge is 0.381 e. The molecular weight excluding hydrogens is 200 g/mol. The molecule has 0 aliphatic carbocycles. The first-order valence-electron chi connectivity index (χ1n) is 6.69. The number of rotatable bonds is 7. The Morgan fingerprint density at radius 2 is 1.94 bits per heavy atom. The molecule has 0 amide bonds. The van der Waals surface area contributed by atoms with Crippen molar-refractivity contribution in [1.82, 2.24) is 10.2 Å². The van der Waals surface area contributed by atoms with Crippen LogP contribution in [0.25, 0.3) is 0 Å². The van der Waals surface area contributed by atoms with Crippen molar-refractivity contribution in [2.75, 3.05) is 39.9 Å². The highest BCUT2D eigenvalue weighted by molar-refractivity contribution is 4.72. The van der Waals surface area contributed by atoms with Gasteiger partial charge in [0.15, 0.2) is 0 Å². The fraction of sp³-hybridized carbons (Fsp3) is 1.00. The summed E-state index contributed by atoms with van der Waals surface area (Å²) in [5.74, 6) is 0.806. The number of nitrogens with one attached hydrogen (secondary N) is 1. The second-order valence-electron chi connectivity index (χ2n) is 5.26. The molecule has 1 fully saturated rings. The molecule has 1 rings (SSSR count). The van der Waals surface area contributed by atoms with E-state index < -0.39 is 0 Å². The van der Waals surface area contributed by atoms with Crippen LogP contribution < -0.4 is 5.32 Å². The van der Waals surface area contributed by atoms with E-state index in [1.165, 1.54) is 19.3 Å². The van der Waals surface area contributed by atoms with Crippen LogP contribution in [0.15, 0.2) is 0 Å². The van der Waals surface area contributed by atoms with Crippen molar-refractivity contribution in [3.8, 4) is 0 Å². The fourth-order valence-electron chi connectivity index (χ4n) is 2.08. The Hall–Kier alpha value is -0.120. The van der Waals surface area contributed by atoms with Gasteiger partial charge in [-0.3, -0.25) is 0 Å². The molecule has 0 aromatic rings. The summed E-state index contributed by atoms with van der Waals surface area (Å²) in [7, 11) is 2.24. The fourth-order valence-corrected chi connectivity index (χ4v) is 2.08. The second-order valence-corrected chi connectivity index (χ2v) is 5.26. The van der Waals surface area contributed by atoms with E-state index >= 15 is 0 Å². The third-order valence-electron chi connectivity index (χ3n) is 3.35. The first kappa shape index (κ1) is 13.9. The Bertz CT molecular complexity index is 167. The van der Waals surface area contributed by atoms with E-state index in [1.807, 2.05) is 0 Å². The van der Waals surface area contributed by atoms with E-state index in [9.17, 15) is 0 Å². The monoisotopic (exact) mass is 228 g/mol. The van der Waals surface area contributed by atoms with Crippen LogP contribution in [0.5, 0.6) is 0 Å². The van der Waals surface area contributed by atoms with Crippen molar-refractivity contribution in [3.63, 3.8) is 0 Å². The highest BCUT2D eigenvalue weighted by Gasteiger charge is 2.17. The Labute approximate surface area is 101 Å². The van der Waals surface area contributed by atoms with Crippen LogP contribution in [0.3, 0.4) is 0 Å². The van der Waals surface area contributed by atoms with Crippen LogP contribution in [-0.4, -0.2) is 50.8 Å². The number of nitrogens with zero attached hydrogens (tertiary/aromatic N) is 1. The minimum atomic E-state index is 0.737. The van der Waals surface area contributed by atoms with E-state index in [-0.39, 0.29) is 0 Å². The van der Waals surface area contributed by atoms with E-state index in [1.54, 1.807) is 0 Å². The maximum absolute atomic E-state index is 5.38. The molecule has 0 radical (unpaired) electrons. The molecule has 0 aromatic carbocycles. The minimum Gasteiger partial charge on any atom is -0.381 e. The molecule has 1 saturated heterocycles. The molecule has 1 N–H and O–H groups in total. The molecule has 0 aromatic heterocycles. The average Bonchev–Trinajstić information content (AvgIpc) is 2.29. The number of hydrogen-bond donors (Lipinski definition) is 1. The minimum absolute atomic E-state index is 0.737. The molecule has 0 spiro atoms. The Morgan fingerprint density at radius 1 is 1.25 bits per heavy atom. The average molecular weight is 228 g/mol. The van der Waals surface area contributed by atoms with Gasteiger partial charge in [-0.1, -0.05) is 13.8 Å². The lowest BCUT2D eigenvalue weighted by Crippen LogP contribution is -2.40. The molecule has 1 aliphatic rings. The maximum Gasteiger partial charge on any atom is 0.0480 e. The zero-order valence-corrected chi connectivity index (χ0v) is 11.2. The summed E-state index contributed by atoms with van der Waals surface area (Å²) in [5.41, 5.74) is 0. The summed E-state index contributed by atoms with van der Waals surface area (Å²) < 4.78 is 5.38. The van der Waals surface area contributed by atoms with E-state index in [4.69, 9.17) is 4.74 Å². The van der Waals surface area contributed by atoms with Crippen LogP contribution in [0.4, 0.5) is 0 Å². The lowest BCUT2D eigenvalue weighted by molar-refractivity contribution is 0.0434. The van der Waals surface area contributed by atoms with Crippen molar-refractivity contribution in [1.29, 1.82) is 0 Å². The predicted molar refractivity (Wildman–Crippen MR) is 68.8 cm³/mol. The van der Waals surface area contributed by atoms with Crippen LogP contribution >= 0.6 is 0 Å². The molecule has 0 atom stereocenters. The van der Waals surface area contributed by atoms with Gasteiger partial charge in [0.1, 0.15) is 0 Å². The Balaban J connectivity index is 1.98. The Morgan fingerprint density at radius 3 is 2.56 bits per heavy atom. The lowest BCUT2D eigenvalue weighted by atomic mass is 10.1. The van der Waals surface area contributed by atoms with Gasteiger partial charge in [0, 0.05) is 32.3 Å². The summed E-state index contributed by atoms with van der Waals surface area (Å²) in [4.78, 5) is 2.48. The van der Waals surface area contributed by atoms with Crippen molar-refractivity contribution in [2.45, 2.75) is 39.2 Å². The van der Waals surface area contributed by atoms with Crippen LogP contribution in [-0.2, 0) is 4.74 Å². The number of hydrogen-bond acceptors (Lipinski definition) is 3. The third-order valence-corrected chi connectivity index (χ3v) is 3.35. The first-order chi connectivity index (χ1) is 7.70. The molecule has 0 bridgehead atoms. The highest BCUT2D eigenvalue weighted by Crippen LogP contribution is 2.11. The molecular formula is C13H28N2O. The zero-order valence-electron chi connectivity index (χ0n) is 11.2. The summed E-state index contributed by atoms with van der Waals surface area (Å²) in [6.07, 6.45) is 3.67. The summed E-state index contributed by atoms with van der Waals surface area (Å²) in [6.45, 7) is 9.85. The molecule has 1 aliphatic heterocycles. The molecule has 3 heteroatoms.